The number of nitrogens with zero attached hydrogens (tertiary/aromatic N) is 7. The zero-order valence-electron chi connectivity index (χ0n) is 13.2. The predicted octanol–water partition coefficient (Wildman–Crippen LogP) is -0.506. The van der Waals surface area contributed by atoms with Crippen LogP contribution >= 0.6 is 0 Å². The highest BCUT2D eigenvalue weighted by atomic mass is 16.5. The monoisotopic (exact) mass is 317 g/mol. The van der Waals surface area contributed by atoms with Crippen molar-refractivity contribution in [1.82, 2.24) is 34.6 Å². The highest BCUT2D eigenvalue weighted by Crippen LogP contribution is 2.27. The number of amides is 1. The third-order valence-corrected chi connectivity index (χ3v) is 4.51. The predicted molar refractivity (Wildman–Crippen MR) is 80.2 cm³/mol. The average molecular weight is 317 g/mol. The Morgan fingerprint density at radius 2 is 2.26 bits per heavy atom. The Labute approximate surface area is 133 Å². The zero-order valence-corrected chi connectivity index (χ0v) is 13.2. The van der Waals surface area contributed by atoms with Crippen LogP contribution in [0.4, 0.5) is 0 Å². The van der Waals surface area contributed by atoms with Crippen molar-refractivity contribution in [1.29, 1.82) is 0 Å². The molecule has 122 valence electrons. The van der Waals surface area contributed by atoms with Gasteiger partial charge in [0.2, 0.25) is 5.88 Å². The molecule has 2 aliphatic rings. The zero-order chi connectivity index (χ0) is 16.0. The van der Waals surface area contributed by atoms with Crippen LogP contribution < -0.4 is 4.74 Å². The number of carbonyl (C=O) groups is 1. The minimum atomic E-state index is -0.0648. The average Bonchev–Trinajstić information content (AvgIpc) is 3.26. The molecule has 0 radical (unpaired) electrons. The lowest BCUT2D eigenvalue weighted by molar-refractivity contribution is 0.0774. The minimum absolute atomic E-state index is 0.0648. The topological polar surface area (TPSA) is 81.3 Å². The van der Waals surface area contributed by atoms with Gasteiger partial charge in [0.15, 0.2) is 5.69 Å². The molecular formula is C14H19N7O2. The number of likely N-dealkylation sites (tertiary alicyclic amines) is 1. The molecule has 9 nitrogen and oxygen atoms in total. The maximum absolute atomic E-state index is 12.8. The molecule has 23 heavy (non-hydrogen) atoms. The van der Waals surface area contributed by atoms with Crippen molar-refractivity contribution in [3.05, 3.63) is 24.2 Å². The van der Waals surface area contributed by atoms with E-state index >= 15 is 0 Å². The molecule has 4 rings (SSSR count). The molecule has 1 fully saturated rings. The second kappa shape index (κ2) is 5.34. The molecule has 2 atom stereocenters. The summed E-state index contributed by atoms with van der Waals surface area (Å²) in [7, 11) is 4.03. The van der Waals surface area contributed by atoms with Crippen molar-refractivity contribution in [3.63, 3.8) is 0 Å². The van der Waals surface area contributed by atoms with E-state index in [1.165, 1.54) is 0 Å². The molecule has 0 aromatic carbocycles. The molecular weight excluding hydrogens is 298 g/mol. The highest BCUT2D eigenvalue weighted by Gasteiger charge is 2.39. The number of hydrogen-bond acceptors (Lipinski definition) is 6. The Balaban J connectivity index is 1.56. The van der Waals surface area contributed by atoms with Gasteiger partial charge in [0.05, 0.1) is 24.8 Å². The van der Waals surface area contributed by atoms with Gasteiger partial charge in [-0.15, -0.1) is 5.10 Å². The van der Waals surface area contributed by atoms with E-state index in [4.69, 9.17) is 4.74 Å². The number of likely N-dealkylation sites (N-methyl/N-ethyl adjacent to an activating group) is 1. The molecule has 1 saturated heterocycles. The van der Waals surface area contributed by atoms with E-state index in [9.17, 15) is 4.79 Å². The number of rotatable bonds is 3. The molecule has 1 amide bonds. The van der Waals surface area contributed by atoms with Gasteiger partial charge in [0.1, 0.15) is 6.61 Å². The van der Waals surface area contributed by atoms with Crippen molar-refractivity contribution >= 4 is 5.91 Å². The van der Waals surface area contributed by atoms with Crippen LogP contribution in [0.3, 0.4) is 0 Å². The fourth-order valence-corrected chi connectivity index (χ4v) is 3.28. The fraction of sp³-hybridized carbons (Fsp3) is 0.571. The Morgan fingerprint density at radius 3 is 2.96 bits per heavy atom. The summed E-state index contributed by atoms with van der Waals surface area (Å²) in [6, 6.07) is 2.00. The Hall–Kier alpha value is -2.42. The Morgan fingerprint density at radius 1 is 1.39 bits per heavy atom. The molecule has 2 aliphatic heterocycles. The Kier molecular flexibility index (Phi) is 3.29. The number of carbonyl (C=O) groups excluding carboxylic acids is 1. The summed E-state index contributed by atoms with van der Waals surface area (Å²) in [5.41, 5.74) is 0.441. The minimum Gasteiger partial charge on any atom is -0.476 e. The molecule has 9 heteroatoms. The van der Waals surface area contributed by atoms with Crippen molar-refractivity contribution < 1.29 is 9.53 Å². The molecule has 0 spiro atoms. The number of fused-ring (bicyclic) bond motifs is 1. The van der Waals surface area contributed by atoms with Crippen molar-refractivity contribution in [3.8, 4) is 5.88 Å². The van der Waals surface area contributed by atoms with Gasteiger partial charge in [-0.05, 0) is 14.1 Å². The summed E-state index contributed by atoms with van der Waals surface area (Å²) in [6.07, 6.45) is 3.50. The summed E-state index contributed by atoms with van der Waals surface area (Å²) in [5.74, 6) is 0.606. The van der Waals surface area contributed by atoms with Crippen LogP contribution in [0.2, 0.25) is 0 Å². The summed E-state index contributed by atoms with van der Waals surface area (Å²) >= 11 is 0. The second-order valence-corrected chi connectivity index (χ2v) is 6.13. The third kappa shape index (κ3) is 2.37. The molecule has 0 saturated carbocycles. The van der Waals surface area contributed by atoms with E-state index in [1.807, 2.05) is 29.9 Å². The van der Waals surface area contributed by atoms with E-state index < -0.39 is 0 Å². The first-order valence-electron chi connectivity index (χ1n) is 7.65. The van der Waals surface area contributed by atoms with E-state index in [1.54, 1.807) is 16.9 Å². The summed E-state index contributed by atoms with van der Waals surface area (Å²) in [4.78, 5) is 16.7. The van der Waals surface area contributed by atoms with Gasteiger partial charge in [-0.3, -0.25) is 4.79 Å². The second-order valence-electron chi connectivity index (χ2n) is 6.13. The van der Waals surface area contributed by atoms with E-state index in [0.29, 0.717) is 37.8 Å². The van der Waals surface area contributed by atoms with Gasteiger partial charge in [-0.25, -0.2) is 9.36 Å². The Bertz CT molecular complexity index is 687. The largest absolute Gasteiger partial charge is 0.476 e. The SMILES string of the molecule is CN(C)[C@@H]1CN(C(=O)c2cc3n(n2)CCO3)C[C@@H]1n1ccnn1. The quantitative estimate of drug-likeness (QED) is 0.759. The van der Waals surface area contributed by atoms with Gasteiger partial charge < -0.3 is 14.5 Å². The first-order valence-corrected chi connectivity index (χ1v) is 7.65. The lowest BCUT2D eigenvalue weighted by atomic mass is 10.1. The standard InChI is InChI=1S/C14H19N7O2/c1-18(2)11-8-19(9-12(11)20-4-3-15-17-20)14(22)10-7-13-21(16-10)5-6-23-13/h3-4,7,11-12H,5-6,8-9H2,1-2H3/t11-,12+/m1/s1. The van der Waals surface area contributed by atoms with Crippen LogP contribution in [-0.2, 0) is 6.54 Å². The molecule has 2 aromatic rings. The molecule has 0 bridgehead atoms. The first kappa shape index (κ1) is 14.2. The maximum atomic E-state index is 12.8. The van der Waals surface area contributed by atoms with Gasteiger partial charge >= 0.3 is 0 Å². The maximum Gasteiger partial charge on any atom is 0.274 e. The lowest BCUT2D eigenvalue weighted by Gasteiger charge is -2.24. The molecule has 0 N–H and O–H groups in total. The van der Waals surface area contributed by atoms with E-state index in [2.05, 4.69) is 20.3 Å². The third-order valence-electron chi connectivity index (χ3n) is 4.51. The van der Waals surface area contributed by atoms with Crippen LogP contribution in [-0.4, -0.2) is 80.3 Å². The fourth-order valence-electron chi connectivity index (χ4n) is 3.28. The van der Waals surface area contributed by atoms with E-state index in [0.717, 1.165) is 0 Å². The van der Waals surface area contributed by atoms with Crippen molar-refractivity contribution in [2.45, 2.75) is 18.6 Å². The number of hydrogen-bond donors (Lipinski definition) is 0. The summed E-state index contributed by atoms with van der Waals surface area (Å²) in [5, 5.41) is 12.3. The molecule has 2 aromatic heterocycles. The lowest BCUT2D eigenvalue weighted by Crippen LogP contribution is -2.37. The van der Waals surface area contributed by atoms with Crippen LogP contribution in [0.25, 0.3) is 0 Å². The summed E-state index contributed by atoms with van der Waals surface area (Å²) in [6.45, 7) is 2.55. The molecule has 0 unspecified atom stereocenters. The van der Waals surface area contributed by atoms with Gasteiger partial charge in [-0.1, -0.05) is 5.21 Å². The normalized spacial score (nSPS) is 23.3. The van der Waals surface area contributed by atoms with Crippen LogP contribution in [0, 0.1) is 0 Å². The number of aromatic nitrogens is 5. The van der Waals surface area contributed by atoms with Crippen LogP contribution in [0.5, 0.6) is 5.88 Å². The van der Waals surface area contributed by atoms with Gasteiger partial charge in [0, 0.05) is 25.4 Å². The van der Waals surface area contributed by atoms with E-state index in [-0.39, 0.29) is 18.0 Å². The molecule has 0 aliphatic carbocycles. The van der Waals surface area contributed by atoms with Gasteiger partial charge in [-0.2, -0.15) is 5.10 Å². The van der Waals surface area contributed by atoms with Crippen LogP contribution in [0.1, 0.15) is 16.5 Å². The van der Waals surface area contributed by atoms with Crippen molar-refractivity contribution in [2.75, 3.05) is 33.8 Å². The number of ether oxygens (including phenoxy) is 1. The first-order chi connectivity index (χ1) is 11.1. The van der Waals surface area contributed by atoms with Crippen LogP contribution in [0.15, 0.2) is 18.5 Å². The highest BCUT2D eigenvalue weighted by molar-refractivity contribution is 5.93. The molecule has 4 heterocycles. The van der Waals surface area contributed by atoms with Gasteiger partial charge in [0.25, 0.3) is 5.91 Å². The summed E-state index contributed by atoms with van der Waals surface area (Å²) < 4.78 is 9.00. The van der Waals surface area contributed by atoms with Crippen molar-refractivity contribution in [2.24, 2.45) is 0 Å². The smallest absolute Gasteiger partial charge is 0.274 e.